The molecule has 0 bridgehead atoms. The normalized spacial score (nSPS) is 21.2. The van der Waals surface area contributed by atoms with Gasteiger partial charge in [-0.2, -0.15) is 0 Å². The molecule has 0 saturated carbocycles. The molecule has 2 saturated heterocycles. The average Bonchev–Trinajstić information content (AvgIpc) is 3.08. The quantitative estimate of drug-likeness (QED) is 0.404. The van der Waals surface area contributed by atoms with Gasteiger partial charge in [-0.3, -0.25) is 19.5 Å². The van der Waals surface area contributed by atoms with E-state index >= 15 is 0 Å². The Hall–Kier alpha value is -2.94. The third-order valence-corrected chi connectivity index (χ3v) is 5.97. The lowest BCUT2D eigenvalue weighted by Gasteiger charge is -2.31. The van der Waals surface area contributed by atoms with E-state index < -0.39 is 17.7 Å². The lowest BCUT2D eigenvalue weighted by molar-refractivity contribution is -0.140. The van der Waals surface area contributed by atoms with E-state index in [9.17, 15) is 14.7 Å². The predicted octanol–water partition coefficient (Wildman–Crippen LogP) is 2.50. The Morgan fingerprint density at radius 1 is 1.19 bits per heavy atom. The summed E-state index contributed by atoms with van der Waals surface area (Å²) >= 11 is 6.13. The van der Waals surface area contributed by atoms with E-state index in [-0.39, 0.29) is 16.9 Å². The van der Waals surface area contributed by atoms with Gasteiger partial charge in [-0.05, 0) is 35.9 Å². The molecule has 1 aromatic carbocycles. The maximum Gasteiger partial charge on any atom is 0.295 e. The third-order valence-electron chi connectivity index (χ3n) is 5.74. The third kappa shape index (κ3) is 4.34. The molecule has 9 heteroatoms. The van der Waals surface area contributed by atoms with Gasteiger partial charge in [-0.15, -0.1) is 0 Å². The second-order valence-corrected chi connectivity index (χ2v) is 8.01. The van der Waals surface area contributed by atoms with Crippen molar-refractivity contribution in [1.29, 1.82) is 0 Å². The Kier molecular flexibility index (Phi) is 6.74. The minimum atomic E-state index is -0.747. The second kappa shape index (κ2) is 9.68. The summed E-state index contributed by atoms with van der Waals surface area (Å²) in [4.78, 5) is 33.9. The van der Waals surface area contributed by atoms with Crippen LogP contribution in [0.4, 0.5) is 0 Å². The first-order chi connectivity index (χ1) is 15.5. The Balaban J connectivity index is 1.76. The fraction of sp³-hybridized carbons (Fsp3) is 0.348. The number of aliphatic hydroxyl groups excluding tert-OH is 1. The Bertz CT molecular complexity index is 1040. The van der Waals surface area contributed by atoms with Gasteiger partial charge in [0.2, 0.25) is 0 Å². The number of Topliss-reactive ketones (excluding diaryl/α,β-unsaturated/α-hetero) is 1. The van der Waals surface area contributed by atoms with Crippen LogP contribution < -0.4 is 4.74 Å². The van der Waals surface area contributed by atoms with Crippen molar-refractivity contribution in [3.63, 3.8) is 0 Å². The molecule has 8 nitrogen and oxygen atoms in total. The first-order valence-electron chi connectivity index (χ1n) is 10.3. The Morgan fingerprint density at radius 2 is 1.91 bits per heavy atom. The van der Waals surface area contributed by atoms with Crippen molar-refractivity contribution >= 4 is 29.1 Å². The summed E-state index contributed by atoms with van der Waals surface area (Å²) in [6.07, 6.45) is 3.19. The fourth-order valence-corrected chi connectivity index (χ4v) is 4.26. The van der Waals surface area contributed by atoms with Crippen LogP contribution in [0.5, 0.6) is 5.75 Å². The minimum Gasteiger partial charge on any atom is -0.507 e. The van der Waals surface area contributed by atoms with Crippen molar-refractivity contribution in [2.24, 2.45) is 0 Å². The van der Waals surface area contributed by atoms with E-state index in [2.05, 4.69) is 9.88 Å². The zero-order valence-electron chi connectivity index (χ0n) is 17.7. The molecule has 2 aliphatic heterocycles. The number of halogens is 1. The number of rotatable bonds is 6. The number of pyridine rings is 1. The Morgan fingerprint density at radius 3 is 2.59 bits per heavy atom. The van der Waals surface area contributed by atoms with Crippen molar-refractivity contribution in [2.75, 3.05) is 46.5 Å². The lowest BCUT2D eigenvalue weighted by Crippen LogP contribution is -2.42. The largest absolute Gasteiger partial charge is 0.507 e. The van der Waals surface area contributed by atoms with Crippen LogP contribution in [-0.2, 0) is 14.3 Å². The van der Waals surface area contributed by atoms with Crippen molar-refractivity contribution in [1.82, 2.24) is 14.8 Å². The first kappa shape index (κ1) is 22.3. The molecule has 1 amide bonds. The topological polar surface area (TPSA) is 92.2 Å². The van der Waals surface area contributed by atoms with Gasteiger partial charge in [0.05, 0.1) is 37.5 Å². The van der Waals surface area contributed by atoms with Crippen LogP contribution in [0.15, 0.2) is 48.3 Å². The summed E-state index contributed by atoms with van der Waals surface area (Å²) in [5.41, 5.74) is 0.942. The SMILES string of the molecule is COc1ccc(Cl)cc1C(O)=C1C(=O)C(=O)N(CCN2CCOCC2)[C@H]1c1ccncc1. The standard InChI is InChI=1S/C23H24ClN3O5/c1-31-18-3-2-16(24)14-17(18)21(28)19-20(15-4-6-25-7-5-15)27(23(30)22(19)29)9-8-26-10-12-32-13-11-26/h2-7,14,20,28H,8-13H2,1H3/t20-/m0/s1. The molecule has 2 fully saturated rings. The molecule has 2 aromatic rings. The highest BCUT2D eigenvalue weighted by atomic mass is 35.5. The molecule has 32 heavy (non-hydrogen) atoms. The molecule has 168 valence electrons. The minimum absolute atomic E-state index is 0.00347. The van der Waals surface area contributed by atoms with Crippen molar-refractivity contribution in [3.05, 3.63) is 64.4 Å². The molecule has 3 heterocycles. The lowest BCUT2D eigenvalue weighted by atomic mass is 9.95. The number of aromatic nitrogens is 1. The van der Waals surface area contributed by atoms with Gasteiger partial charge in [0.25, 0.3) is 11.7 Å². The molecular formula is C23H24ClN3O5. The number of hydrogen-bond donors (Lipinski definition) is 1. The number of morpholine rings is 1. The number of ketones is 1. The van der Waals surface area contributed by atoms with E-state index in [1.54, 1.807) is 36.7 Å². The summed E-state index contributed by atoms with van der Waals surface area (Å²) in [6, 6.07) is 7.47. The molecule has 1 N–H and O–H groups in total. The Labute approximate surface area is 191 Å². The molecule has 0 spiro atoms. The van der Waals surface area contributed by atoms with Crippen LogP contribution in [0, 0.1) is 0 Å². The molecule has 1 aromatic heterocycles. The monoisotopic (exact) mass is 457 g/mol. The summed E-state index contributed by atoms with van der Waals surface area (Å²) in [5, 5.41) is 11.6. The molecule has 4 rings (SSSR count). The van der Waals surface area contributed by atoms with Crippen molar-refractivity contribution < 1.29 is 24.2 Å². The zero-order valence-corrected chi connectivity index (χ0v) is 18.4. The number of methoxy groups -OCH3 is 1. The van der Waals surface area contributed by atoms with Crippen LogP contribution in [0.3, 0.4) is 0 Å². The van der Waals surface area contributed by atoms with Gasteiger partial charge < -0.3 is 19.5 Å². The number of nitrogens with zero attached hydrogens (tertiary/aromatic N) is 3. The summed E-state index contributed by atoms with van der Waals surface area (Å²) in [6.45, 7) is 3.75. The number of ether oxygens (including phenoxy) is 2. The number of aliphatic hydroxyl groups is 1. The van der Waals surface area contributed by atoms with Crippen LogP contribution in [-0.4, -0.2) is 78.1 Å². The van der Waals surface area contributed by atoms with Crippen LogP contribution >= 0.6 is 11.6 Å². The van der Waals surface area contributed by atoms with Gasteiger partial charge in [-0.1, -0.05) is 11.6 Å². The highest BCUT2D eigenvalue weighted by Crippen LogP contribution is 2.41. The molecule has 1 atom stereocenters. The van der Waals surface area contributed by atoms with Crippen LogP contribution in [0.25, 0.3) is 5.76 Å². The van der Waals surface area contributed by atoms with E-state index in [0.717, 1.165) is 13.1 Å². The number of carbonyl (C=O) groups is 2. The van der Waals surface area contributed by atoms with Gasteiger partial charge in [0, 0.05) is 43.6 Å². The van der Waals surface area contributed by atoms with E-state index in [1.165, 1.54) is 18.1 Å². The summed E-state index contributed by atoms with van der Waals surface area (Å²) in [7, 11) is 1.46. The number of hydrogen-bond acceptors (Lipinski definition) is 7. The number of benzene rings is 1. The van der Waals surface area contributed by atoms with Crippen molar-refractivity contribution in [2.45, 2.75) is 6.04 Å². The van der Waals surface area contributed by atoms with Gasteiger partial charge in [0.1, 0.15) is 11.5 Å². The maximum absolute atomic E-state index is 13.1. The van der Waals surface area contributed by atoms with E-state index in [0.29, 0.717) is 42.6 Å². The fourth-order valence-electron chi connectivity index (χ4n) is 4.09. The van der Waals surface area contributed by atoms with Crippen LogP contribution in [0.2, 0.25) is 5.02 Å². The first-order valence-corrected chi connectivity index (χ1v) is 10.7. The van der Waals surface area contributed by atoms with E-state index in [1.807, 2.05) is 0 Å². The predicted molar refractivity (Wildman–Crippen MR) is 119 cm³/mol. The molecular weight excluding hydrogens is 434 g/mol. The zero-order chi connectivity index (χ0) is 22.7. The highest BCUT2D eigenvalue weighted by Gasteiger charge is 2.46. The average molecular weight is 458 g/mol. The van der Waals surface area contributed by atoms with Crippen LogP contribution in [0.1, 0.15) is 17.2 Å². The summed E-state index contributed by atoms with van der Waals surface area (Å²) in [5.74, 6) is -1.37. The molecule has 0 unspecified atom stereocenters. The number of amides is 1. The van der Waals surface area contributed by atoms with E-state index in [4.69, 9.17) is 21.1 Å². The van der Waals surface area contributed by atoms with Gasteiger partial charge in [-0.25, -0.2) is 0 Å². The smallest absolute Gasteiger partial charge is 0.295 e. The van der Waals surface area contributed by atoms with Gasteiger partial charge >= 0.3 is 0 Å². The number of carbonyl (C=O) groups excluding carboxylic acids is 2. The second-order valence-electron chi connectivity index (χ2n) is 7.57. The summed E-state index contributed by atoms with van der Waals surface area (Å²) < 4.78 is 10.7. The van der Waals surface area contributed by atoms with Gasteiger partial charge in [0.15, 0.2) is 0 Å². The maximum atomic E-state index is 13.1. The molecule has 0 aliphatic carbocycles. The highest BCUT2D eigenvalue weighted by molar-refractivity contribution is 6.46. The number of likely N-dealkylation sites (tertiary alicyclic amines) is 1. The molecule has 2 aliphatic rings. The van der Waals surface area contributed by atoms with Crippen molar-refractivity contribution in [3.8, 4) is 5.75 Å². The molecule has 0 radical (unpaired) electrons.